The molecule has 1 N–H and O–H groups in total. The summed E-state index contributed by atoms with van der Waals surface area (Å²) in [7, 11) is 0. The number of carboxylic acid groups (broad SMARTS) is 1. The number of halogens is 2. The first kappa shape index (κ1) is 17.1. The van der Waals surface area contributed by atoms with Crippen LogP contribution in [0.3, 0.4) is 0 Å². The molecule has 8 nitrogen and oxygen atoms in total. The fourth-order valence-electron chi connectivity index (χ4n) is 3.08. The molecule has 0 bridgehead atoms. The summed E-state index contributed by atoms with van der Waals surface area (Å²) in [6, 6.07) is 3.01. The fraction of sp³-hybridized carbons (Fsp3) is 0.467. The highest BCUT2D eigenvalue weighted by atomic mass is 19.3. The summed E-state index contributed by atoms with van der Waals surface area (Å²) < 4.78 is 27.1. The lowest BCUT2D eigenvalue weighted by molar-refractivity contribution is -0.137. The maximum atomic E-state index is 12.6. The van der Waals surface area contributed by atoms with Crippen molar-refractivity contribution < 1.29 is 23.5 Å². The maximum Gasteiger partial charge on any atom is 0.333 e. The Labute approximate surface area is 141 Å². The number of amides is 1. The van der Waals surface area contributed by atoms with Crippen molar-refractivity contribution in [3.63, 3.8) is 0 Å². The van der Waals surface area contributed by atoms with Crippen LogP contribution in [0.2, 0.25) is 0 Å². The molecule has 2 aromatic heterocycles. The Bertz CT molecular complexity index is 773. The first-order valence-electron chi connectivity index (χ1n) is 7.82. The second-order valence-corrected chi connectivity index (χ2v) is 5.86. The highest BCUT2D eigenvalue weighted by Gasteiger charge is 2.29. The first-order valence-corrected chi connectivity index (χ1v) is 7.82. The second-order valence-electron chi connectivity index (χ2n) is 5.86. The molecule has 1 amide bonds. The quantitative estimate of drug-likeness (QED) is 0.881. The third-order valence-electron chi connectivity index (χ3n) is 4.19. The summed E-state index contributed by atoms with van der Waals surface area (Å²) in [6.07, 6.45) is 4.12. The van der Waals surface area contributed by atoms with Gasteiger partial charge in [-0.05, 0) is 25.0 Å². The monoisotopic (exact) mass is 353 g/mol. The highest BCUT2D eigenvalue weighted by molar-refractivity contribution is 5.92. The van der Waals surface area contributed by atoms with Crippen LogP contribution in [0.1, 0.15) is 41.5 Å². The number of hydrogen-bond donors (Lipinski definition) is 1. The number of carboxylic acids is 1. The first-order chi connectivity index (χ1) is 12.0. The standard InChI is InChI=1S/C15H17F2N5O3/c16-15(17)21-7-4-11(19-21)14(25)20-6-1-2-10(8-20)12-3-5-18-22(12)9-13(23)24/h3-5,7,10,15H,1-2,6,8-9H2,(H,23,24)/t10-/m0/s1. The molecule has 0 radical (unpaired) electrons. The number of rotatable bonds is 5. The molecule has 0 aliphatic carbocycles. The van der Waals surface area contributed by atoms with Crippen LogP contribution in [0, 0.1) is 0 Å². The number of piperidine rings is 1. The molecule has 0 spiro atoms. The van der Waals surface area contributed by atoms with E-state index in [0.29, 0.717) is 17.8 Å². The zero-order chi connectivity index (χ0) is 18.0. The van der Waals surface area contributed by atoms with Crippen LogP contribution in [0.4, 0.5) is 8.78 Å². The van der Waals surface area contributed by atoms with Crippen LogP contribution in [0.5, 0.6) is 0 Å². The number of carbonyl (C=O) groups excluding carboxylic acids is 1. The Hall–Kier alpha value is -2.78. The van der Waals surface area contributed by atoms with Gasteiger partial charge in [-0.2, -0.15) is 19.0 Å². The normalized spacial score (nSPS) is 17.9. The van der Waals surface area contributed by atoms with Gasteiger partial charge in [0.05, 0.1) is 0 Å². The average molecular weight is 353 g/mol. The van der Waals surface area contributed by atoms with Gasteiger partial charge < -0.3 is 10.0 Å². The van der Waals surface area contributed by atoms with Gasteiger partial charge >= 0.3 is 12.5 Å². The minimum absolute atomic E-state index is 0.0278. The van der Waals surface area contributed by atoms with Gasteiger partial charge in [-0.25, -0.2) is 4.68 Å². The molecule has 1 atom stereocenters. The summed E-state index contributed by atoms with van der Waals surface area (Å²) in [6.45, 7) is -2.16. The second kappa shape index (κ2) is 6.99. The van der Waals surface area contributed by atoms with Gasteiger partial charge in [0.25, 0.3) is 5.91 Å². The van der Waals surface area contributed by atoms with Gasteiger partial charge in [0, 0.05) is 37.1 Å². The molecule has 3 rings (SSSR count). The molecular formula is C15H17F2N5O3. The van der Waals surface area contributed by atoms with E-state index >= 15 is 0 Å². The lowest BCUT2D eigenvalue weighted by atomic mass is 9.94. The van der Waals surface area contributed by atoms with E-state index in [2.05, 4.69) is 10.2 Å². The van der Waals surface area contributed by atoms with Crippen molar-refractivity contribution in [1.29, 1.82) is 0 Å². The summed E-state index contributed by atoms with van der Waals surface area (Å²) in [5.41, 5.74) is 0.720. The zero-order valence-corrected chi connectivity index (χ0v) is 13.3. The third kappa shape index (κ3) is 3.67. The SMILES string of the molecule is O=C(O)Cn1nccc1[C@H]1CCCN(C(=O)c2ccn(C(F)F)n2)C1. The van der Waals surface area contributed by atoms with Gasteiger partial charge in [0.2, 0.25) is 0 Å². The van der Waals surface area contributed by atoms with Crippen LogP contribution in [-0.4, -0.2) is 54.5 Å². The van der Waals surface area contributed by atoms with E-state index in [4.69, 9.17) is 5.11 Å². The Morgan fingerprint density at radius 1 is 1.36 bits per heavy atom. The van der Waals surface area contributed by atoms with E-state index in [9.17, 15) is 18.4 Å². The Morgan fingerprint density at radius 3 is 2.84 bits per heavy atom. The maximum absolute atomic E-state index is 12.6. The van der Waals surface area contributed by atoms with Crippen LogP contribution >= 0.6 is 0 Å². The lowest BCUT2D eigenvalue weighted by Gasteiger charge is -2.32. The van der Waals surface area contributed by atoms with Crippen molar-refractivity contribution in [3.8, 4) is 0 Å². The number of carbonyl (C=O) groups is 2. The van der Waals surface area contributed by atoms with Crippen molar-refractivity contribution in [2.45, 2.75) is 31.9 Å². The summed E-state index contributed by atoms with van der Waals surface area (Å²) >= 11 is 0. The highest BCUT2D eigenvalue weighted by Crippen LogP contribution is 2.27. The van der Waals surface area contributed by atoms with Crippen molar-refractivity contribution in [1.82, 2.24) is 24.5 Å². The molecule has 25 heavy (non-hydrogen) atoms. The van der Waals surface area contributed by atoms with Crippen LogP contribution in [0.25, 0.3) is 0 Å². The molecule has 134 valence electrons. The summed E-state index contributed by atoms with van der Waals surface area (Å²) in [5, 5.41) is 16.6. The van der Waals surface area contributed by atoms with E-state index in [0.717, 1.165) is 24.7 Å². The Balaban J connectivity index is 1.73. The molecule has 0 unspecified atom stereocenters. The molecule has 10 heteroatoms. The molecule has 3 heterocycles. The minimum atomic E-state index is -2.79. The Kier molecular flexibility index (Phi) is 4.77. The van der Waals surface area contributed by atoms with Crippen molar-refractivity contribution >= 4 is 11.9 Å². The number of likely N-dealkylation sites (tertiary alicyclic amines) is 1. The molecule has 0 saturated carbocycles. The van der Waals surface area contributed by atoms with Gasteiger partial charge in [0.1, 0.15) is 6.54 Å². The van der Waals surface area contributed by atoms with Gasteiger partial charge in [-0.3, -0.25) is 14.3 Å². The largest absolute Gasteiger partial charge is 0.480 e. The van der Waals surface area contributed by atoms with E-state index in [-0.39, 0.29) is 18.2 Å². The van der Waals surface area contributed by atoms with Gasteiger partial charge in [0.15, 0.2) is 5.69 Å². The van der Waals surface area contributed by atoms with Crippen LogP contribution < -0.4 is 0 Å². The molecule has 2 aromatic rings. The van der Waals surface area contributed by atoms with E-state index < -0.39 is 18.4 Å². The number of alkyl halides is 2. The molecule has 1 aliphatic heterocycles. The molecular weight excluding hydrogens is 336 g/mol. The predicted molar refractivity (Wildman–Crippen MR) is 81.2 cm³/mol. The van der Waals surface area contributed by atoms with Crippen molar-refractivity contribution in [3.05, 3.63) is 35.9 Å². The van der Waals surface area contributed by atoms with Gasteiger partial charge in [-0.1, -0.05) is 0 Å². The van der Waals surface area contributed by atoms with Crippen LogP contribution in [0.15, 0.2) is 24.5 Å². The smallest absolute Gasteiger partial charge is 0.333 e. The Morgan fingerprint density at radius 2 is 2.16 bits per heavy atom. The molecule has 1 aliphatic rings. The van der Waals surface area contributed by atoms with Gasteiger partial charge in [-0.15, -0.1) is 0 Å². The number of aromatic nitrogens is 4. The lowest BCUT2D eigenvalue weighted by Crippen LogP contribution is -2.40. The number of nitrogens with zero attached hydrogens (tertiary/aromatic N) is 5. The number of hydrogen-bond acceptors (Lipinski definition) is 4. The fourth-order valence-corrected chi connectivity index (χ4v) is 3.08. The minimum Gasteiger partial charge on any atom is -0.480 e. The third-order valence-corrected chi connectivity index (χ3v) is 4.19. The summed E-state index contributed by atoms with van der Waals surface area (Å²) in [5.74, 6) is -1.46. The van der Waals surface area contributed by atoms with E-state index in [1.165, 1.54) is 16.9 Å². The van der Waals surface area contributed by atoms with E-state index in [1.54, 1.807) is 11.0 Å². The molecule has 1 saturated heterocycles. The summed E-state index contributed by atoms with van der Waals surface area (Å²) in [4.78, 5) is 25.0. The van der Waals surface area contributed by atoms with E-state index in [1.807, 2.05) is 0 Å². The van der Waals surface area contributed by atoms with Crippen LogP contribution in [-0.2, 0) is 11.3 Å². The van der Waals surface area contributed by atoms with Crippen molar-refractivity contribution in [2.24, 2.45) is 0 Å². The molecule has 0 aromatic carbocycles. The zero-order valence-electron chi connectivity index (χ0n) is 13.3. The average Bonchev–Trinajstić information content (AvgIpc) is 3.23. The molecule has 1 fully saturated rings. The predicted octanol–water partition coefficient (Wildman–Crippen LogP) is 1.58. The van der Waals surface area contributed by atoms with Crippen molar-refractivity contribution in [2.75, 3.05) is 13.1 Å². The topological polar surface area (TPSA) is 93.3 Å². The number of aliphatic carboxylic acids is 1.